The molecule has 0 atom stereocenters. The summed E-state index contributed by atoms with van der Waals surface area (Å²) in [6.07, 6.45) is 7.34. The second-order valence-electron chi connectivity index (χ2n) is 1.73. The molecule has 0 N–H and O–H groups in total. The van der Waals surface area contributed by atoms with E-state index in [0.29, 0.717) is 6.42 Å². The molecule has 0 aliphatic carbocycles. The lowest BCUT2D eigenvalue weighted by Gasteiger charge is -1.90. The van der Waals surface area contributed by atoms with Gasteiger partial charge in [-0.15, -0.1) is 17.4 Å². The Hall–Kier alpha value is -1.30. The van der Waals surface area contributed by atoms with E-state index in [1.54, 1.807) is 10.9 Å². The van der Waals surface area contributed by atoms with Gasteiger partial charge >= 0.3 is 0 Å². The molecule has 3 nitrogen and oxygen atoms in total. The van der Waals surface area contributed by atoms with Crippen molar-refractivity contribution in [1.29, 1.82) is 0 Å². The molecule has 0 aliphatic rings. The molecule has 1 rings (SSSR count). The lowest BCUT2D eigenvalue weighted by Crippen LogP contribution is -1.96. The smallest absolute Gasteiger partial charge is 0.0734 e. The third-order valence-corrected chi connectivity index (χ3v) is 1.09. The molecule has 3 heteroatoms. The summed E-state index contributed by atoms with van der Waals surface area (Å²) in [4.78, 5) is 0. The summed E-state index contributed by atoms with van der Waals surface area (Å²) in [6, 6.07) is 0. The van der Waals surface area contributed by atoms with Crippen molar-refractivity contribution < 1.29 is 0 Å². The Bertz CT molecular complexity index is 231. The molecule has 0 spiro atoms. The molecule has 1 heterocycles. The molecule has 0 amide bonds. The number of terminal acetylenes is 1. The average Bonchev–Trinajstić information content (AvgIpc) is 2.18. The molecule has 9 heavy (non-hydrogen) atoms. The third-order valence-electron chi connectivity index (χ3n) is 1.09. The first kappa shape index (κ1) is 5.83. The predicted molar refractivity (Wildman–Crippen MR) is 33.5 cm³/mol. The van der Waals surface area contributed by atoms with Crippen molar-refractivity contribution in [2.75, 3.05) is 0 Å². The van der Waals surface area contributed by atoms with Crippen LogP contribution in [-0.2, 0) is 13.5 Å². The minimum absolute atomic E-state index is 0.601. The number of hydrogen-bond acceptors (Lipinski definition) is 2. The van der Waals surface area contributed by atoms with Crippen molar-refractivity contribution in [3.63, 3.8) is 0 Å². The molecule has 1 aromatic rings. The fraction of sp³-hybridized carbons (Fsp3) is 0.333. The first-order chi connectivity index (χ1) is 4.34. The largest absolute Gasteiger partial charge is 0.251 e. The summed E-state index contributed by atoms with van der Waals surface area (Å²) in [5, 5.41) is 7.36. The van der Waals surface area contributed by atoms with Gasteiger partial charge in [0.15, 0.2) is 0 Å². The van der Waals surface area contributed by atoms with E-state index in [1.807, 2.05) is 7.05 Å². The zero-order valence-electron chi connectivity index (χ0n) is 5.20. The summed E-state index contributed by atoms with van der Waals surface area (Å²) in [7, 11) is 1.82. The molecule has 0 radical (unpaired) electrons. The molecular formula is C6H7N3. The molecule has 0 saturated carbocycles. The van der Waals surface area contributed by atoms with E-state index in [1.165, 1.54) is 0 Å². The van der Waals surface area contributed by atoms with E-state index in [9.17, 15) is 0 Å². The van der Waals surface area contributed by atoms with Crippen LogP contribution in [0.5, 0.6) is 0 Å². The van der Waals surface area contributed by atoms with Crippen molar-refractivity contribution in [1.82, 2.24) is 15.0 Å². The van der Waals surface area contributed by atoms with Crippen LogP contribution in [0.4, 0.5) is 0 Å². The fourth-order valence-electron chi connectivity index (χ4n) is 0.576. The summed E-state index contributed by atoms with van der Waals surface area (Å²) in [5.41, 5.74) is 0.970. The Kier molecular flexibility index (Phi) is 1.50. The zero-order valence-corrected chi connectivity index (χ0v) is 5.20. The topological polar surface area (TPSA) is 30.7 Å². The highest BCUT2D eigenvalue weighted by atomic mass is 15.4. The maximum absolute atomic E-state index is 5.07. The van der Waals surface area contributed by atoms with Crippen LogP contribution in [0.2, 0.25) is 0 Å². The second kappa shape index (κ2) is 2.31. The van der Waals surface area contributed by atoms with Gasteiger partial charge in [-0.05, 0) is 0 Å². The van der Waals surface area contributed by atoms with E-state index in [-0.39, 0.29) is 0 Å². The van der Waals surface area contributed by atoms with Gasteiger partial charge in [-0.25, -0.2) is 0 Å². The van der Waals surface area contributed by atoms with Crippen LogP contribution in [0.15, 0.2) is 6.20 Å². The summed E-state index contributed by atoms with van der Waals surface area (Å²) in [5.74, 6) is 2.51. The van der Waals surface area contributed by atoms with Crippen LogP contribution in [0.1, 0.15) is 5.69 Å². The minimum Gasteiger partial charge on any atom is -0.251 e. The standard InChI is InChI=1S/C6H7N3/c1-3-4-6-5-7-8-9(6)2/h1,5H,4H2,2H3. The van der Waals surface area contributed by atoms with E-state index in [4.69, 9.17) is 6.42 Å². The molecular weight excluding hydrogens is 114 g/mol. The highest BCUT2D eigenvalue weighted by Gasteiger charge is 1.93. The van der Waals surface area contributed by atoms with Crippen molar-refractivity contribution in [3.8, 4) is 12.3 Å². The second-order valence-corrected chi connectivity index (χ2v) is 1.73. The Morgan fingerprint density at radius 2 is 2.67 bits per heavy atom. The van der Waals surface area contributed by atoms with Crippen LogP contribution in [0.3, 0.4) is 0 Å². The number of nitrogens with zero attached hydrogens (tertiary/aromatic N) is 3. The van der Waals surface area contributed by atoms with E-state index in [0.717, 1.165) is 5.69 Å². The van der Waals surface area contributed by atoms with Gasteiger partial charge in [-0.2, -0.15) is 0 Å². The van der Waals surface area contributed by atoms with Crippen LogP contribution in [-0.4, -0.2) is 15.0 Å². The van der Waals surface area contributed by atoms with Gasteiger partial charge in [-0.3, -0.25) is 4.68 Å². The predicted octanol–water partition coefficient (Wildman–Crippen LogP) is -0.00920. The summed E-state index contributed by atoms with van der Waals surface area (Å²) in [6.45, 7) is 0. The molecule has 0 fully saturated rings. The van der Waals surface area contributed by atoms with Crippen molar-refractivity contribution in [2.24, 2.45) is 7.05 Å². The highest BCUT2D eigenvalue weighted by Crippen LogP contribution is 1.91. The van der Waals surface area contributed by atoms with E-state index < -0.39 is 0 Å². The molecule has 1 aromatic heterocycles. The van der Waals surface area contributed by atoms with Crippen molar-refractivity contribution >= 4 is 0 Å². The monoisotopic (exact) mass is 121 g/mol. The van der Waals surface area contributed by atoms with Gasteiger partial charge in [0.2, 0.25) is 0 Å². The van der Waals surface area contributed by atoms with E-state index >= 15 is 0 Å². The molecule has 0 unspecified atom stereocenters. The Morgan fingerprint density at radius 3 is 3.11 bits per heavy atom. The Balaban J connectivity index is 2.84. The quantitative estimate of drug-likeness (QED) is 0.489. The summed E-state index contributed by atoms with van der Waals surface area (Å²) >= 11 is 0. The number of hydrogen-bond donors (Lipinski definition) is 0. The van der Waals surface area contributed by atoms with Gasteiger partial charge in [0.05, 0.1) is 18.3 Å². The van der Waals surface area contributed by atoms with Gasteiger partial charge in [0, 0.05) is 7.05 Å². The Morgan fingerprint density at radius 1 is 1.89 bits per heavy atom. The van der Waals surface area contributed by atoms with Crippen LogP contribution < -0.4 is 0 Å². The molecule has 0 bridgehead atoms. The SMILES string of the molecule is C#CCc1cnnn1C. The third kappa shape index (κ3) is 1.08. The number of aromatic nitrogens is 3. The molecule has 0 aliphatic heterocycles. The van der Waals surface area contributed by atoms with Gasteiger partial charge in [-0.1, -0.05) is 5.21 Å². The first-order valence-electron chi connectivity index (χ1n) is 2.61. The van der Waals surface area contributed by atoms with Crippen molar-refractivity contribution in [2.45, 2.75) is 6.42 Å². The lowest BCUT2D eigenvalue weighted by atomic mass is 10.3. The van der Waals surface area contributed by atoms with Crippen molar-refractivity contribution in [3.05, 3.63) is 11.9 Å². The van der Waals surface area contributed by atoms with Crippen LogP contribution in [0.25, 0.3) is 0 Å². The zero-order chi connectivity index (χ0) is 6.69. The highest BCUT2D eigenvalue weighted by molar-refractivity contribution is 5.04. The molecule has 46 valence electrons. The minimum atomic E-state index is 0.601. The summed E-state index contributed by atoms with van der Waals surface area (Å²) < 4.78 is 1.67. The molecule has 0 aromatic carbocycles. The first-order valence-corrected chi connectivity index (χ1v) is 2.61. The van der Waals surface area contributed by atoms with Gasteiger partial charge in [0.1, 0.15) is 0 Å². The number of aryl methyl sites for hydroxylation is 1. The number of rotatable bonds is 1. The maximum atomic E-state index is 5.07. The van der Waals surface area contributed by atoms with Gasteiger partial charge < -0.3 is 0 Å². The van der Waals surface area contributed by atoms with Gasteiger partial charge in [0.25, 0.3) is 0 Å². The lowest BCUT2D eigenvalue weighted by molar-refractivity contribution is 0.690. The normalized spacial score (nSPS) is 8.89. The van der Waals surface area contributed by atoms with Crippen LogP contribution in [0, 0.1) is 12.3 Å². The molecule has 0 saturated heterocycles. The van der Waals surface area contributed by atoms with E-state index in [2.05, 4.69) is 16.2 Å². The average molecular weight is 121 g/mol. The fourth-order valence-corrected chi connectivity index (χ4v) is 0.576. The van der Waals surface area contributed by atoms with Crippen LogP contribution >= 0.6 is 0 Å². The maximum Gasteiger partial charge on any atom is 0.0734 e. The Labute approximate surface area is 53.7 Å².